The minimum absolute atomic E-state index is 0.0600. The average molecular weight is 262 g/mol. The fraction of sp³-hybridized carbons (Fsp3) is 0.533. The van der Waals surface area contributed by atoms with E-state index in [1.807, 2.05) is 49.9 Å². The maximum absolute atomic E-state index is 12.7. The van der Waals surface area contributed by atoms with Crippen molar-refractivity contribution in [1.29, 1.82) is 0 Å². The van der Waals surface area contributed by atoms with Gasteiger partial charge in [0.05, 0.1) is 18.2 Å². The van der Waals surface area contributed by atoms with E-state index in [9.17, 15) is 4.79 Å². The van der Waals surface area contributed by atoms with Gasteiger partial charge < -0.3 is 15.4 Å². The molecule has 2 N–H and O–H groups in total. The predicted molar refractivity (Wildman–Crippen MR) is 75.1 cm³/mol. The third-order valence-corrected chi connectivity index (χ3v) is 3.67. The van der Waals surface area contributed by atoms with Gasteiger partial charge in [-0.2, -0.15) is 0 Å². The first kappa shape index (κ1) is 14.0. The highest BCUT2D eigenvalue weighted by atomic mass is 16.5. The molecule has 0 saturated carbocycles. The van der Waals surface area contributed by atoms with Gasteiger partial charge in [0.2, 0.25) is 0 Å². The summed E-state index contributed by atoms with van der Waals surface area (Å²) in [7, 11) is 0. The van der Waals surface area contributed by atoms with Crippen molar-refractivity contribution in [1.82, 2.24) is 4.90 Å². The fourth-order valence-electron chi connectivity index (χ4n) is 2.36. The van der Waals surface area contributed by atoms with E-state index in [4.69, 9.17) is 10.5 Å². The van der Waals surface area contributed by atoms with Crippen molar-refractivity contribution in [2.24, 2.45) is 5.73 Å². The highest BCUT2D eigenvalue weighted by Gasteiger charge is 2.38. The summed E-state index contributed by atoms with van der Waals surface area (Å²) in [6.45, 7) is 7.52. The Hall–Kier alpha value is -1.39. The van der Waals surface area contributed by atoms with Crippen molar-refractivity contribution in [3.63, 3.8) is 0 Å². The molecule has 1 amide bonds. The molecule has 4 heteroatoms. The minimum atomic E-state index is -0.301. The molecule has 4 nitrogen and oxygen atoms in total. The predicted octanol–water partition coefficient (Wildman–Crippen LogP) is 1.57. The lowest BCUT2D eigenvalue weighted by molar-refractivity contribution is -0.0788. The van der Waals surface area contributed by atoms with Crippen LogP contribution in [0.1, 0.15) is 29.8 Å². The zero-order chi connectivity index (χ0) is 14.0. The number of rotatable bonds is 2. The van der Waals surface area contributed by atoms with Crippen LogP contribution in [0.15, 0.2) is 24.3 Å². The smallest absolute Gasteiger partial charge is 0.254 e. The largest absolute Gasteiger partial charge is 0.373 e. The van der Waals surface area contributed by atoms with Crippen molar-refractivity contribution in [2.45, 2.75) is 32.4 Å². The van der Waals surface area contributed by atoms with Crippen LogP contribution in [0, 0.1) is 6.92 Å². The van der Waals surface area contributed by atoms with Crippen LogP contribution in [0.2, 0.25) is 0 Å². The summed E-state index contributed by atoms with van der Waals surface area (Å²) in [4.78, 5) is 14.6. The lowest BCUT2D eigenvalue weighted by Crippen LogP contribution is -2.59. The second-order valence-corrected chi connectivity index (χ2v) is 5.71. The molecule has 1 aliphatic heterocycles. The number of carbonyl (C=O) groups is 1. The van der Waals surface area contributed by atoms with E-state index in [1.165, 1.54) is 0 Å². The van der Waals surface area contributed by atoms with Crippen LogP contribution in [-0.2, 0) is 4.74 Å². The summed E-state index contributed by atoms with van der Waals surface area (Å²) in [5.41, 5.74) is 7.12. The van der Waals surface area contributed by atoms with Crippen LogP contribution in [0.25, 0.3) is 0 Å². The van der Waals surface area contributed by atoms with Gasteiger partial charge in [0, 0.05) is 18.7 Å². The van der Waals surface area contributed by atoms with E-state index in [2.05, 4.69) is 0 Å². The summed E-state index contributed by atoms with van der Waals surface area (Å²) >= 11 is 0. The molecule has 0 aromatic heterocycles. The van der Waals surface area contributed by atoms with Crippen LogP contribution >= 0.6 is 0 Å². The molecule has 0 spiro atoms. The Morgan fingerprint density at radius 3 is 2.79 bits per heavy atom. The van der Waals surface area contributed by atoms with Crippen molar-refractivity contribution in [2.75, 3.05) is 19.7 Å². The maximum Gasteiger partial charge on any atom is 0.254 e. The van der Waals surface area contributed by atoms with E-state index in [0.29, 0.717) is 19.7 Å². The van der Waals surface area contributed by atoms with Crippen LogP contribution in [0.4, 0.5) is 0 Å². The van der Waals surface area contributed by atoms with Gasteiger partial charge in [-0.15, -0.1) is 0 Å². The molecule has 1 saturated heterocycles. The van der Waals surface area contributed by atoms with E-state index in [0.717, 1.165) is 11.1 Å². The zero-order valence-corrected chi connectivity index (χ0v) is 11.8. The Morgan fingerprint density at radius 2 is 2.16 bits per heavy atom. The molecule has 1 unspecified atom stereocenters. The molecule has 1 heterocycles. The molecule has 1 aromatic carbocycles. The first-order valence-corrected chi connectivity index (χ1v) is 6.65. The summed E-state index contributed by atoms with van der Waals surface area (Å²) < 4.78 is 5.67. The molecule has 2 rings (SSSR count). The number of carbonyl (C=O) groups excluding carboxylic acids is 1. The topological polar surface area (TPSA) is 55.6 Å². The van der Waals surface area contributed by atoms with Gasteiger partial charge in [0.25, 0.3) is 5.91 Å². The van der Waals surface area contributed by atoms with Crippen LogP contribution < -0.4 is 5.73 Å². The second kappa shape index (κ2) is 5.31. The summed E-state index contributed by atoms with van der Waals surface area (Å²) in [5, 5.41) is 0. The second-order valence-electron chi connectivity index (χ2n) is 5.71. The van der Waals surface area contributed by atoms with Crippen LogP contribution in [0.5, 0.6) is 0 Å². The number of aryl methyl sites for hydroxylation is 1. The monoisotopic (exact) mass is 262 g/mol. The van der Waals surface area contributed by atoms with E-state index < -0.39 is 0 Å². The maximum atomic E-state index is 12.7. The normalized spacial score (nSPS) is 22.3. The number of amides is 1. The van der Waals surface area contributed by atoms with E-state index in [1.54, 1.807) is 0 Å². The molecule has 1 atom stereocenters. The molecule has 0 aliphatic carbocycles. The highest BCUT2D eigenvalue weighted by Crippen LogP contribution is 2.25. The Labute approximate surface area is 114 Å². The van der Waals surface area contributed by atoms with E-state index in [-0.39, 0.29) is 17.6 Å². The van der Waals surface area contributed by atoms with Crippen LogP contribution in [0.3, 0.4) is 0 Å². The van der Waals surface area contributed by atoms with Gasteiger partial charge in [0.1, 0.15) is 0 Å². The van der Waals surface area contributed by atoms with Crippen molar-refractivity contribution in [3.8, 4) is 0 Å². The molecular weight excluding hydrogens is 240 g/mol. The molecule has 1 aromatic rings. The lowest BCUT2D eigenvalue weighted by Gasteiger charge is -2.45. The molecule has 1 aliphatic rings. The summed E-state index contributed by atoms with van der Waals surface area (Å²) in [6, 6.07) is 7.68. The Morgan fingerprint density at radius 1 is 1.47 bits per heavy atom. The van der Waals surface area contributed by atoms with Gasteiger partial charge >= 0.3 is 0 Å². The fourth-order valence-corrected chi connectivity index (χ4v) is 2.36. The first-order valence-electron chi connectivity index (χ1n) is 6.65. The Balaban J connectivity index is 2.28. The Bertz CT molecular complexity index is 471. The number of benzene rings is 1. The minimum Gasteiger partial charge on any atom is -0.373 e. The number of ether oxygens (including phenoxy) is 1. The molecule has 1 fully saturated rings. The van der Waals surface area contributed by atoms with Crippen molar-refractivity contribution in [3.05, 3.63) is 35.4 Å². The van der Waals surface area contributed by atoms with Gasteiger partial charge in [-0.25, -0.2) is 0 Å². The van der Waals surface area contributed by atoms with Gasteiger partial charge in [0.15, 0.2) is 0 Å². The molecular formula is C15H22N2O2. The number of morpholine rings is 1. The number of nitrogens with zero attached hydrogens (tertiary/aromatic N) is 1. The number of nitrogens with two attached hydrogens (primary N) is 1. The third-order valence-electron chi connectivity index (χ3n) is 3.67. The molecule has 0 bridgehead atoms. The SMILES string of the molecule is Cc1ccccc1C(=O)N1CC(CN)OCC1(C)C. The van der Waals surface area contributed by atoms with Crippen molar-refractivity contribution < 1.29 is 9.53 Å². The van der Waals surface area contributed by atoms with Gasteiger partial charge in [-0.3, -0.25) is 4.79 Å². The summed E-state index contributed by atoms with van der Waals surface area (Å²) in [6.07, 6.45) is -0.0685. The average Bonchev–Trinajstić information content (AvgIpc) is 2.38. The van der Waals surface area contributed by atoms with Gasteiger partial charge in [-0.1, -0.05) is 18.2 Å². The Kier molecular flexibility index (Phi) is 3.92. The standard InChI is InChI=1S/C15H22N2O2/c1-11-6-4-5-7-13(11)14(18)17-9-12(8-16)19-10-15(17,2)3/h4-7,12H,8-10,16H2,1-3H3. The first-order chi connectivity index (χ1) is 8.95. The van der Waals surface area contributed by atoms with Crippen molar-refractivity contribution >= 4 is 5.91 Å². The quantitative estimate of drug-likeness (QED) is 0.880. The summed E-state index contributed by atoms with van der Waals surface area (Å²) in [5.74, 6) is 0.0600. The van der Waals surface area contributed by atoms with Crippen LogP contribution in [-0.4, -0.2) is 42.1 Å². The molecule has 104 valence electrons. The lowest BCUT2D eigenvalue weighted by atomic mass is 9.98. The molecule has 0 radical (unpaired) electrons. The third kappa shape index (κ3) is 2.80. The van der Waals surface area contributed by atoms with E-state index >= 15 is 0 Å². The number of hydrogen-bond acceptors (Lipinski definition) is 3. The highest BCUT2D eigenvalue weighted by molar-refractivity contribution is 5.96. The zero-order valence-electron chi connectivity index (χ0n) is 11.8. The van der Waals surface area contributed by atoms with Gasteiger partial charge in [-0.05, 0) is 32.4 Å². The molecule has 19 heavy (non-hydrogen) atoms. The number of hydrogen-bond donors (Lipinski definition) is 1.